The van der Waals surface area contributed by atoms with Crippen molar-refractivity contribution in [1.29, 1.82) is 0 Å². The van der Waals surface area contributed by atoms with Crippen LogP contribution in [0.4, 0.5) is 0 Å². The minimum Gasteiger partial charge on any atom is -0.365 e. The Kier molecular flexibility index (Phi) is 2.80. The molecular weight excluding hydrogens is 264 g/mol. The van der Waals surface area contributed by atoms with Crippen LogP contribution in [0.2, 0.25) is 0 Å². The van der Waals surface area contributed by atoms with Gasteiger partial charge in [-0.3, -0.25) is 0 Å². The number of hydrogen-bond acceptors (Lipinski definition) is 1. The molecule has 0 aromatic heterocycles. The van der Waals surface area contributed by atoms with E-state index in [1.165, 1.54) is 37.7 Å². The summed E-state index contributed by atoms with van der Waals surface area (Å²) in [6, 6.07) is 10.6. The monoisotopic (exact) mass is 280 g/mol. The number of ether oxygens (including phenoxy) is 1. The van der Waals surface area contributed by atoms with Gasteiger partial charge in [0.25, 0.3) is 0 Å². The normalized spacial score (nSPS) is 32.3. The highest BCUT2D eigenvalue weighted by molar-refractivity contribution is 9.09. The third kappa shape index (κ3) is 1.63. The molecule has 0 radical (unpaired) electrons. The first-order valence-electron chi connectivity index (χ1n) is 6.19. The van der Waals surface area contributed by atoms with Crippen LogP contribution < -0.4 is 0 Å². The van der Waals surface area contributed by atoms with Crippen molar-refractivity contribution in [3.63, 3.8) is 0 Å². The lowest BCUT2D eigenvalue weighted by Gasteiger charge is -2.54. The Morgan fingerprint density at radius 2 is 1.75 bits per heavy atom. The first kappa shape index (κ1) is 10.8. The zero-order chi connectivity index (χ0) is 11.0. The maximum Gasteiger partial charge on any atom is 0.0986 e. The van der Waals surface area contributed by atoms with Crippen LogP contribution >= 0.6 is 15.9 Å². The third-order valence-electron chi connectivity index (χ3n) is 3.96. The lowest BCUT2D eigenvalue weighted by Crippen LogP contribution is -2.57. The summed E-state index contributed by atoms with van der Waals surface area (Å²) in [5.41, 5.74) is 1.46. The minimum absolute atomic E-state index is 0.152. The average molecular weight is 281 g/mol. The highest BCUT2D eigenvalue weighted by Gasteiger charge is 2.54. The number of alkyl halides is 1. The second-order valence-electron chi connectivity index (χ2n) is 4.98. The predicted molar refractivity (Wildman–Crippen MR) is 68.8 cm³/mol. The van der Waals surface area contributed by atoms with Crippen LogP contribution in [-0.4, -0.2) is 10.4 Å². The van der Waals surface area contributed by atoms with Gasteiger partial charge in [-0.2, -0.15) is 0 Å². The standard InChI is InChI=1S/C14H17BrO/c15-13-12(11-7-3-1-4-8-11)16-14(13)9-5-2-6-10-14/h1,3-4,7-8,12-13H,2,5-6,9-10H2/t12-,13-/m1/s1. The van der Waals surface area contributed by atoms with E-state index >= 15 is 0 Å². The number of benzene rings is 1. The molecule has 1 aliphatic carbocycles. The summed E-state index contributed by atoms with van der Waals surface area (Å²) in [4.78, 5) is 0.502. The number of hydrogen-bond donors (Lipinski definition) is 0. The van der Waals surface area contributed by atoms with Gasteiger partial charge >= 0.3 is 0 Å². The van der Waals surface area contributed by atoms with Gasteiger partial charge in [0.05, 0.1) is 16.5 Å². The molecule has 2 aliphatic rings. The van der Waals surface area contributed by atoms with Crippen molar-refractivity contribution in [1.82, 2.24) is 0 Å². The van der Waals surface area contributed by atoms with Crippen LogP contribution in [0, 0.1) is 0 Å². The summed E-state index contributed by atoms with van der Waals surface area (Å²) in [5.74, 6) is 0. The van der Waals surface area contributed by atoms with E-state index in [9.17, 15) is 0 Å². The highest BCUT2D eigenvalue weighted by Crippen LogP contribution is 2.54. The van der Waals surface area contributed by atoms with E-state index in [2.05, 4.69) is 46.3 Å². The smallest absolute Gasteiger partial charge is 0.0986 e. The maximum absolute atomic E-state index is 6.22. The Hall–Kier alpha value is -0.340. The molecule has 1 aliphatic heterocycles. The fourth-order valence-electron chi connectivity index (χ4n) is 3.00. The quantitative estimate of drug-likeness (QED) is 0.700. The molecule has 1 heterocycles. The van der Waals surface area contributed by atoms with Crippen molar-refractivity contribution < 1.29 is 4.74 Å². The van der Waals surface area contributed by atoms with Crippen LogP contribution in [0.25, 0.3) is 0 Å². The zero-order valence-corrected chi connectivity index (χ0v) is 10.9. The van der Waals surface area contributed by atoms with Gasteiger partial charge in [0, 0.05) is 0 Å². The Morgan fingerprint density at radius 1 is 1.06 bits per heavy atom. The van der Waals surface area contributed by atoms with Gasteiger partial charge in [-0.1, -0.05) is 65.5 Å². The summed E-state index contributed by atoms with van der Waals surface area (Å²) >= 11 is 3.86. The largest absolute Gasteiger partial charge is 0.365 e. The van der Waals surface area contributed by atoms with Crippen LogP contribution in [-0.2, 0) is 4.74 Å². The topological polar surface area (TPSA) is 9.23 Å². The fourth-order valence-corrected chi connectivity index (χ4v) is 3.98. The zero-order valence-electron chi connectivity index (χ0n) is 9.36. The summed E-state index contributed by atoms with van der Waals surface area (Å²) < 4.78 is 6.22. The summed E-state index contributed by atoms with van der Waals surface area (Å²) in [6.07, 6.45) is 6.74. The lowest BCUT2D eigenvalue weighted by molar-refractivity contribution is -0.212. The first-order chi connectivity index (χ1) is 7.82. The Labute approximate surface area is 105 Å². The van der Waals surface area contributed by atoms with Crippen molar-refractivity contribution in [3.8, 4) is 0 Å². The van der Waals surface area contributed by atoms with Gasteiger partial charge in [0.15, 0.2) is 0 Å². The summed E-state index contributed by atoms with van der Waals surface area (Å²) in [6.45, 7) is 0. The molecule has 1 spiro atoms. The van der Waals surface area contributed by atoms with Crippen molar-refractivity contribution in [2.24, 2.45) is 0 Å². The Balaban J connectivity index is 1.74. The van der Waals surface area contributed by atoms with Gasteiger partial charge in [-0.15, -0.1) is 0 Å². The van der Waals surface area contributed by atoms with Crippen molar-refractivity contribution >= 4 is 15.9 Å². The second kappa shape index (κ2) is 4.15. The van der Waals surface area contributed by atoms with E-state index in [1.54, 1.807) is 0 Å². The molecule has 16 heavy (non-hydrogen) atoms. The first-order valence-corrected chi connectivity index (χ1v) is 7.10. The fraction of sp³-hybridized carbons (Fsp3) is 0.571. The van der Waals surface area contributed by atoms with E-state index in [0.717, 1.165) is 0 Å². The molecule has 0 bridgehead atoms. The van der Waals surface area contributed by atoms with Gasteiger partial charge < -0.3 is 4.74 Å². The third-order valence-corrected chi connectivity index (χ3v) is 5.27. The molecule has 0 amide bonds. The highest BCUT2D eigenvalue weighted by atomic mass is 79.9. The van der Waals surface area contributed by atoms with Crippen molar-refractivity contribution in [2.45, 2.75) is 48.6 Å². The van der Waals surface area contributed by atoms with Gasteiger partial charge in [0.1, 0.15) is 0 Å². The van der Waals surface area contributed by atoms with E-state index in [-0.39, 0.29) is 11.7 Å². The Morgan fingerprint density at radius 3 is 2.38 bits per heavy atom. The SMILES string of the molecule is Br[C@@H]1[C@@H](c2ccccc2)OC12CCCCC2. The van der Waals surface area contributed by atoms with E-state index < -0.39 is 0 Å². The van der Waals surface area contributed by atoms with Crippen molar-refractivity contribution in [2.75, 3.05) is 0 Å². The number of rotatable bonds is 1. The molecular formula is C14H17BrO. The molecule has 2 atom stereocenters. The van der Waals surface area contributed by atoms with E-state index in [1.807, 2.05) is 0 Å². The molecule has 1 aromatic carbocycles. The summed E-state index contributed by atoms with van der Waals surface area (Å²) in [5, 5.41) is 0. The van der Waals surface area contributed by atoms with Crippen molar-refractivity contribution in [3.05, 3.63) is 35.9 Å². The van der Waals surface area contributed by atoms with Crippen LogP contribution in [0.5, 0.6) is 0 Å². The molecule has 1 nitrogen and oxygen atoms in total. The molecule has 0 unspecified atom stereocenters. The van der Waals surface area contributed by atoms with Crippen LogP contribution in [0.15, 0.2) is 30.3 Å². The minimum atomic E-state index is 0.152. The maximum atomic E-state index is 6.22. The molecule has 3 rings (SSSR count). The van der Waals surface area contributed by atoms with E-state index in [0.29, 0.717) is 4.83 Å². The average Bonchev–Trinajstić information content (AvgIpc) is 2.38. The van der Waals surface area contributed by atoms with Gasteiger partial charge in [0.2, 0.25) is 0 Å². The van der Waals surface area contributed by atoms with Gasteiger partial charge in [-0.05, 0) is 18.4 Å². The predicted octanol–water partition coefficient (Wildman–Crippen LogP) is 4.22. The number of halogens is 1. The lowest BCUT2D eigenvalue weighted by atomic mass is 9.75. The molecule has 1 saturated heterocycles. The van der Waals surface area contributed by atoms with Gasteiger partial charge in [-0.25, -0.2) is 0 Å². The molecule has 2 fully saturated rings. The summed E-state index contributed by atoms with van der Waals surface area (Å²) in [7, 11) is 0. The van der Waals surface area contributed by atoms with Crippen LogP contribution in [0.3, 0.4) is 0 Å². The Bertz CT molecular complexity index is 356. The molecule has 0 N–H and O–H groups in total. The molecule has 86 valence electrons. The second-order valence-corrected chi connectivity index (χ2v) is 5.96. The molecule has 1 aromatic rings. The van der Waals surface area contributed by atoms with E-state index in [4.69, 9.17) is 4.74 Å². The molecule has 1 saturated carbocycles. The van der Waals surface area contributed by atoms with Crippen LogP contribution in [0.1, 0.15) is 43.8 Å². The molecule has 2 heteroatoms.